The molecule has 0 aromatic heterocycles. The Bertz CT molecular complexity index is 130. The molecule has 3 nitrogen and oxygen atoms in total. The second-order valence-corrected chi connectivity index (χ2v) is 3.79. The summed E-state index contributed by atoms with van der Waals surface area (Å²) >= 11 is 0. The molecule has 0 aromatic carbocycles. The SMILES string of the molecule is CCNC(CC)C(C)N(C)CCOC. The van der Waals surface area contributed by atoms with Gasteiger partial charge >= 0.3 is 0 Å². The maximum atomic E-state index is 5.07. The van der Waals surface area contributed by atoms with E-state index in [1.165, 1.54) is 6.42 Å². The van der Waals surface area contributed by atoms with Crippen LogP contribution in [0.25, 0.3) is 0 Å². The van der Waals surface area contributed by atoms with Crippen molar-refractivity contribution in [1.29, 1.82) is 0 Å². The Morgan fingerprint density at radius 3 is 2.43 bits per heavy atom. The fourth-order valence-electron chi connectivity index (χ4n) is 1.66. The van der Waals surface area contributed by atoms with E-state index in [9.17, 15) is 0 Å². The van der Waals surface area contributed by atoms with Gasteiger partial charge in [0.05, 0.1) is 6.61 Å². The van der Waals surface area contributed by atoms with Gasteiger partial charge in [0.1, 0.15) is 0 Å². The minimum atomic E-state index is 0.565. The van der Waals surface area contributed by atoms with E-state index in [0.717, 1.165) is 19.7 Å². The van der Waals surface area contributed by atoms with Crippen LogP contribution in [0.2, 0.25) is 0 Å². The lowest BCUT2D eigenvalue weighted by molar-refractivity contribution is 0.128. The van der Waals surface area contributed by atoms with E-state index in [0.29, 0.717) is 12.1 Å². The summed E-state index contributed by atoms with van der Waals surface area (Å²) in [5, 5.41) is 3.51. The van der Waals surface area contributed by atoms with Gasteiger partial charge in [0, 0.05) is 25.7 Å². The zero-order valence-corrected chi connectivity index (χ0v) is 10.3. The zero-order chi connectivity index (χ0) is 11.0. The number of nitrogens with zero attached hydrogens (tertiary/aromatic N) is 1. The largest absolute Gasteiger partial charge is 0.383 e. The van der Waals surface area contributed by atoms with Crippen LogP contribution in [-0.4, -0.2) is 50.8 Å². The van der Waals surface area contributed by atoms with Crippen molar-refractivity contribution in [1.82, 2.24) is 10.2 Å². The minimum absolute atomic E-state index is 0.565. The number of ether oxygens (including phenoxy) is 1. The number of hydrogen-bond acceptors (Lipinski definition) is 3. The van der Waals surface area contributed by atoms with Crippen LogP contribution in [0.5, 0.6) is 0 Å². The predicted molar refractivity (Wildman–Crippen MR) is 61.7 cm³/mol. The number of methoxy groups -OCH3 is 1. The summed E-state index contributed by atoms with van der Waals surface area (Å²) in [4.78, 5) is 2.35. The molecular weight excluding hydrogens is 176 g/mol. The quantitative estimate of drug-likeness (QED) is 0.643. The highest BCUT2D eigenvalue weighted by molar-refractivity contribution is 4.78. The molecule has 3 heteroatoms. The van der Waals surface area contributed by atoms with E-state index in [4.69, 9.17) is 4.74 Å². The standard InChI is InChI=1S/C11H26N2O/c1-6-11(12-7-2)10(3)13(4)8-9-14-5/h10-12H,6-9H2,1-5H3. The first-order valence-electron chi connectivity index (χ1n) is 5.59. The van der Waals surface area contributed by atoms with Crippen LogP contribution in [0, 0.1) is 0 Å². The van der Waals surface area contributed by atoms with Crippen molar-refractivity contribution in [3.63, 3.8) is 0 Å². The highest BCUT2D eigenvalue weighted by Crippen LogP contribution is 2.05. The molecule has 86 valence electrons. The van der Waals surface area contributed by atoms with E-state index in [2.05, 4.69) is 38.0 Å². The fraction of sp³-hybridized carbons (Fsp3) is 1.00. The Labute approximate surface area is 88.8 Å². The summed E-state index contributed by atoms with van der Waals surface area (Å²) in [6, 6.07) is 1.15. The molecule has 1 N–H and O–H groups in total. The van der Waals surface area contributed by atoms with Crippen LogP contribution in [-0.2, 0) is 4.74 Å². The van der Waals surface area contributed by atoms with Crippen LogP contribution >= 0.6 is 0 Å². The number of hydrogen-bond donors (Lipinski definition) is 1. The summed E-state index contributed by atoms with van der Waals surface area (Å²) < 4.78 is 5.07. The summed E-state index contributed by atoms with van der Waals surface area (Å²) in [5.41, 5.74) is 0. The third kappa shape index (κ3) is 4.94. The van der Waals surface area contributed by atoms with Gasteiger partial charge in [-0.05, 0) is 26.9 Å². The first-order valence-corrected chi connectivity index (χ1v) is 5.59. The number of rotatable bonds is 8. The Hall–Kier alpha value is -0.120. The maximum absolute atomic E-state index is 5.07. The molecule has 0 saturated carbocycles. The Morgan fingerprint density at radius 2 is 2.00 bits per heavy atom. The van der Waals surface area contributed by atoms with Gasteiger partial charge in [-0.25, -0.2) is 0 Å². The lowest BCUT2D eigenvalue weighted by Crippen LogP contribution is -2.47. The van der Waals surface area contributed by atoms with E-state index in [1.54, 1.807) is 7.11 Å². The van der Waals surface area contributed by atoms with Crippen LogP contribution in [0.15, 0.2) is 0 Å². The molecule has 0 radical (unpaired) electrons. The molecule has 0 aliphatic carbocycles. The Balaban J connectivity index is 3.91. The van der Waals surface area contributed by atoms with Gasteiger partial charge in [-0.2, -0.15) is 0 Å². The molecule has 0 spiro atoms. The highest BCUT2D eigenvalue weighted by Gasteiger charge is 2.17. The fourth-order valence-corrected chi connectivity index (χ4v) is 1.66. The Kier molecular flexibility index (Phi) is 8.14. The van der Waals surface area contributed by atoms with Gasteiger partial charge in [-0.15, -0.1) is 0 Å². The van der Waals surface area contributed by atoms with Crippen molar-refractivity contribution in [3.8, 4) is 0 Å². The maximum Gasteiger partial charge on any atom is 0.0589 e. The molecular formula is C11H26N2O. The molecule has 0 fully saturated rings. The molecule has 14 heavy (non-hydrogen) atoms. The summed E-state index contributed by atoms with van der Waals surface area (Å²) in [6.07, 6.45) is 1.17. The van der Waals surface area contributed by atoms with E-state index in [-0.39, 0.29) is 0 Å². The van der Waals surface area contributed by atoms with Crippen molar-refractivity contribution in [2.24, 2.45) is 0 Å². The predicted octanol–water partition coefficient (Wildman–Crippen LogP) is 1.34. The monoisotopic (exact) mass is 202 g/mol. The Morgan fingerprint density at radius 1 is 1.36 bits per heavy atom. The highest BCUT2D eigenvalue weighted by atomic mass is 16.5. The van der Waals surface area contributed by atoms with Crippen LogP contribution in [0.3, 0.4) is 0 Å². The van der Waals surface area contributed by atoms with Crippen LogP contribution < -0.4 is 5.32 Å². The summed E-state index contributed by atoms with van der Waals surface area (Å²) in [7, 11) is 3.91. The van der Waals surface area contributed by atoms with E-state index < -0.39 is 0 Å². The number of nitrogens with one attached hydrogen (secondary N) is 1. The summed E-state index contributed by atoms with van der Waals surface area (Å²) in [6.45, 7) is 9.51. The topological polar surface area (TPSA) is 24.5 Å². The second-order valence-electron chi connectivity index (χ2n) is 3.79. The van der Waals surface area contributed by atoms with Crippen molar-refractivity contribution < 1.29 is 4.74 Å². The summed E-state index contributed by atoms with van der Waals surface area (Å²) in [5.74, 6) is 0. The van der Waals surface area contributed by atoms with Gasteiger partial charge < -0.3 is 10.1 Å². The zero-order valence-electron chi connectivity index (χ0n) is 10.3. The first-order chi connectivity index (χ1) is 6.67. The molecule has 2 unspecified atom stereocenters. The third-order valence-electron chi connectivity index (χ3n) is 2.83. The van der Waals surface area contributed by atoms with Gasteiger partial charge in [0.15, 0.2) is 0 Å². The van der Waals surface area contributed by atoms with E-state index in [1.807, 2.05) is 0 Å². The van der Waals surface area contributed by atoms with Crippen molar-refractivity contribution >= 4 is 0 Å². The van der Waals surface area contributed by atoms with Gasteiger partial charge in [0.25, 0.3) is 0 Å². The molecule has 2 atom stereocenters. The molecule has 0 amide bonds. The minimum Gasteiger partial charge on any atom is -0.383 e. The molecule has 0 heterocycles. The molecule has 0 aromatic rings. The molecule has 0 aliphatic rings. The van der Waals surface area contributed by atoms with E-state index >= 15 is 0 Å². The van der Waals surface area contributed by atoms with Crippen molar-refractivity contribution in [3.05, 3.63) is 0 Å². The molecule has 0 rings (SSSR count). The third-order valence-corrected chi connectivity index (χ3v) is 2.83. The lowest BCUT2D eigenvalue weighted by Gasteiger charge is -2.31. The molecule has 0 aliphatic heterocycles. The lowest BCUT2D eigenvalue weighted by atomic mass is 10.1. The number of likely N-dealkylation sites (N-methyl/N-ethyl adjacent to an activating group) is 2. The van der Waals surface area contributed by atoms with Crippen molar-refractivity contribution in [2.45, 2.75) is 39.3 Å². The average molecular weight is 202 g/mol. The van der Waals surface area contributed by atoms with Gasteiger partial charge in [0.2, 0.25) is 0 Å². The van der Waals surface area contributed by atoms with Crippen molar-refractivity contribution in [2.75, 3.05) is 33.9 Å². The first kappa shape index (κ1) is 13.9. The molecule has 0 saturated heterocycles. The second kappa shape index (κ2) is 8.21. The average Bonchev–Trinajstić information content (AvgIpc) is 2.21. The van der Waals surface area contributed by atoms with Gasteiger partial charge in [-0.1, -0.05) is 13.8 Å². The van der Waals surface area contributed by atoms with Gasteiger partial charge in [-0.3, -0.25) is 4.90 Å². The normalized spacial score (nSPS) is 15.9. The smallest absolute Gasteiger partial charge is 0.0589 e. The van der Waals surface area contributed by atoms with Crippen LogP contribution in [0.4, 0.5) is 0 Å². The van der Waals surface area contributed by atoms with Crippen LogP contribution in [0.1, 0.15) is 27.2 Å². The molecule has 0 bridgehead atoms.